The molecule has 1 saturated heterocycles. The van der Waals surface area contributed by atoms with E-state index in [2.05, 4.69) is 9.88 Å². The van der Waals surface area contributed by atoms with E-state index < -0.39 is 0 Å². The molecule has 2 rings (SSSR count). The molecule has 86 valence electrons. The van der Waals surface area contributed by atoms with Gasteiger partial charge >= 0.3 is 0 Å². The fourth-order valence-electron chi connectivity index (χ4n) is 1.90. The Kier molecular flexibility index (Phi) is 3.05. The molecule has 3 N–H and O–H groups in total. The Labute approximate surface area is 94.7 Å². The summed E-state index contributed by atoms with van der Waals surface area (Å²) in [6.07, 6.45) is 1.86. The van der Waals surface area contributed by atoms with Gasteiger partial charge in [0.25, 0.3) is 0 Å². The number of ether oxygens (including phenoxy) is 1. The van der Waals surface area contributed by atoms with Crippen LogP contribution in [0.25, 0.3) is 0 Å². The molecule has 0 aliphatic carbocycles. The molecule has 1 aromatic rings. The Hall–Kier alpha value is -1.62. The highest BCUT2D eigenvalue weighted by Crippen LogP contribution is 2.20. The van der Waals surface area contributed by atoms with Crippen LogP contribution in [0.4, 0.5) is 5.69 Å². The molecule has 1 atom stereocenters. The molecule has 0 radical (unpaired) electrons. The monoisotopic (exact) mass is 220 g/mol. The second-order valence-corrected chi connectivity index (χ2v) is 3.91. The summed E-state index contributed by atoms with van der Waals surface area (Å²) in [5.41, 5.74) is 6.99. The van der Waals surface area contributed by atoms with E-state index in [0.717, 1.165) is 18.8 Å². The molecular weight excluding hydrogens is 204 g/mol. The third-order valence-electron chi connectivity index (χ3n) is 2.62. The fraction of sp³-hybridized carbons (Fsp3) is 0.455. The van der Waals surface area contributed by atoms with Crippen molar-refractivity contribution in [1.82, 2.24) is 4.98 Å². The van der Waals surface area contributed by atoms with Crippen LogP contribution in [0.15, 0.2) is 18.3 Å². The molecule has 1 unspecified atom stereocenters. The Bertz CT molecular complexity index is 393. The van der Waals surface area contributed by atoms with Crippen molar-refractivity contribution >= 4 is 11.5 Å². The Morgan fingerprint density at radius 1 is 1.69 bits per heavy atom. The van der Waals surface area contributed by atoms with Crippen molar-refractivity contribution in [1.29, 1.82) is 5.41 Å². The van der Waals surface area contributed by atoms with Gasteiger partial charge in [0.1, 0.15) is 11.5 Å². The maximum Gasteiger partial charge on any atom is 0.143 e. The molecule has 0 saturated carbocycles. The van der Waals surface area contributed by atoms with Crippen LogP contribution in [0, 0.1) is 5.41 Å². The number of nitrogens with zero attached hydrogens (tertiary/aromatic N) is 2. The zero-order valence-corrected chi connectivity index (χ0v) is 9.31. The van der Waals surface area contributed by atoms with Crippen molar-refractivity contribution in [2.24, 2.45) is 5.73 Å². The average molecular weight is 220 g/mol. The van der Waals surface area contributed by atoms with Gasteiger partial charge in [0.15, 0.2) is 0 Å². The van der Waals surface area contributed by atoms with Crippen LogP contribution in [0.3, 0.4) is 0 Å². The SMILES string of the molecule is CC1CN(c2cccnc2C(=N)N)CCO1. The van der Waals surface area contributed by atoms with E-state index >= 15 is 0 Å². The number of nitrogens with one attached hydrogen (secondary N) is 1. The van der Waals surface area contributed by atoms with Gasteiger partial charge in [0.05, 0.1) is 18.4 Å². The van der Waals surface area contributed by atoms with Crippen LogP contribution in [0.5, 0.6) is 0 Å². The highest BCUT2D eigenvalue weighted by Gasteiger charge is 2.20. The van der Waals surface area contributed by atoms with Gasteiger partial charge in [-0.3, -0.25) is 10.4 Å². The first kappa shape index (κ1) is 10.9. The van der Waals surface area contributed by atoms with Crippen molar-refractivity contribution in [3.63, 3.8) is 0 Å². The van der Waals surface area contributed by atoms with Gasteiger partial charge in [-0.25, -0.2) is 0 Å². The summed E-state index contributed by atoms with van der Waals surface area (Å²) in [4.78, 5) is 6.31. The summed E-state index contributed by atoms with van der Waals surface area (Å²) in [5.74, 6) is 0.00902. The lowest BCUT2D eigenvalue weighted by atomic mass is 10.2. The third kappa shape index (κ3) is 2.14. The minimum atomic E-state index is 0.00902. The third-order valence-corrected chi connectivity index (χ3v) is 2.62. The standard InChI is InChI=1S/C11H16N4O/c1-8-7-15(5-6-16-8)9-3-2-4-14-10(9)11(12)13/h2-4,8H,5-7H2,1H3,(H3,12,13). The molecule has 1 fully saturated rings. The quantitative estimate of drug-likeness (QED) is 0.565. The Morgan fingerprint density at radius 2 is 2.50 bits per heavy atom. The summed E-state index contributed by atoms with van der Waals surface area (Å²) in [7, 11) is 0. The van der Waals surface area contributed by atoms with Crippen LogP contribution in [0.2, 0.25) is 0 Å². The molecule has 1 aromatic heterocycles. The number of amidine groups is 1. The molecule has 0 bridgehead atoms. The second-order valence-electron chi connectivity index (χ2n) is 3.91. The highest BCUT2D eigenvalue weighted by atomic mass is 16.5. The molecule has 16 heavy (non-hydrogen) atoms. The molecule has 0 aromatic carbocycles. The van der Waals surface area contributed by atoms with Gasteiger partial charge in [-0.1, -0.05) is 0 Å². The zero-order valence-electron chi connectivity index (χ0n) is 9.31. The normalized spacial score (nSPS) is 20.8. The predicted molar refractivity (Wildman–Crippen MR) is 62.9 cm³/mol. The number of pyridine rings is 1. The smallest absolute Gasteiger partial charge is 0.143 e. The van der Waals surface area contributed by atoms with Crippen LogP contribution >= 0.6 is 0 Å². The number of anilines is 1. The number of aromatic nitrogens is 1. The largest absolute Gasteiger partial charge is 0.382 e. The molecule has 0 spiro atoms. The zero-order chi connectivity index (χ0) is 11.5. The van der Waals surface area contributed by atoms with E-state index in [9.17, 15) is 0 Å². The summed E-state index contributed by atoms with van der Waals surface area (Å²) >= 11 is 0. The highest BCUT2D eigenvalue weighted by molar-refractivity contribution is 5.98. The number of nitrogens with two attached hydrogens (primary N) is 1. The number of hydrogen-bond acceptors (Lipinski definition) is 4. The number of morpholine rings is 1. The van der Waals surface area contributed by atoms with Crippen LogP contribution in [-0.4, -0.2) is 36.6 Å². The topological polar surface area (TPSA) is 75.2 Å². The van der Waals surface area contributed by atoms with Crippen LogP contribution in [-0.2, 0) is 4.74 Å². The molecule has 1 aliphatic rings. The number of nitrogen functional groups attached to an aromatic ring is 1. The molecule has 5 nitrogen and oxygen atoms in total. The van der Waals surface area contributed by atoms with Gasteiger partial charge in [0.2, 0.25) is 0 Å². The molecule has 0 amide bonds. The van der Waals surface area contributed by atoms with E-state index in [1.807, 2.05) is 19.1 Å². The van der Waals surface area contributed by atoms with Crippen LogP contribution < -0.4 is 10.6 Å². The van der Waals surface area contributed by atoms with Crippen molar-refractivity contribution in [3.05, 3.63) is 24.0 Å². The van der Waals surface area contributed by atoms with E-state index in [4.69, 9.17) is 15.9 Å². The van der Waals surface area contributed by atoms with Gasteiger partial charge in [-0.2, -0.15) is 0 Å². The van der Waals surface area contributed by atoms with Crippen molar-refractivity contribution in [3.8, 4) is 0 Å². The van der Waals surface area contributed by atoms with Gasteiger partial charge in [0, 0.05) is 19.3 Å². The fourth-order valence-corrected chi connectivity index (χ4v) is 1.90. The summed E-state index contributed by atoms with van der Waals surface area (Å²) in [5, 5.41) is 7.50. The maximum absolute atomic E-state index is 7.50. The minimum absolute atomic E-state index is 0.00902. The Morgan fingerprint density at radius 3 is 3.19 bits per heavy atom. The first-order chi connectivity index (χ1) is 7.68. The Balaban J connectivity index is 2.28. The lowest BCUT2D eigenvalue weighted by Crippen LogP contribution is -2.42. The number of hydrogen-bond donors (Lipinski definition) is 2. The van der Waals surface area contributed by atoms with Gasteiger partial charge in [-0.05, 0) is 19.1 Å². The van der Waals surface area contributed by atoms with Gasteiger partial charge in [-0.15, -0.1) is 0 Å². The van der Waals surface area contributed by atoms with E-state index in [-0.39, 0.29) is 11.9 Å². The first-order valence-electron chi connectivity index (χ1n) is 5.34. The van der Waals surface area contributed by atoms with Crippen molar-refractivity contribution in [2.45, 2.75) is 13.0 Å². The number of rotatable bonds is 2. The predicted octanol–water partition coefficient (Wildman–Crippen LogP) is 0.591. The van der Waals surface area contributed by atoms with Gasteiger partial charge < -0.3 is 15.4 Å². The van der Waals surface area contributed by atoms with E-state index in [1.54, 1.807) is 6.20 Å². The van der Waals surface area contributed by atoms with E-state index in [0.29, 0.717) is 12.3 Å². The summed E-state index contributed by atoms with van der Waals surface area (Å²) in [6, 6.07) is 3.81. The van der Waals surface area contributed by atoms with Crippen LogP contribution in [0.1, 0.15) is 12.6 Å². The lowest BCUT2D eigenvalue weighted by molar-refractivity contribution is 0.0532. The minimum Gasteiger partial charge on any atom is -0.382 e. The first-order valence-corrected chi connectivity index (χ1v) is 5.34. The average Bonchev–Trinajstić information content (AvgIpc) is 2.29. The second kappa shape index (κ2) is 4.49. The lowest BCUT2D eigenvalue weighted by Gasteiger charge is -2.33. The molecule has 5 heteroatoms. The molecule has 2 heterocycles. The molecular formula is C11H16N4O. The van der Waals surface area contributed by atoms with Crippen molar-refractivity contribution in [2.75, 3.05) is 24.6 Å². The summed E-state index contributed by atoms with van der Waals surface area (Å²) in [6.45, 7) is 4.37. The maximum atomic E-state index is 7.50. The molecule has 1 aliphatic heterocycles. The summed E-state index contributed by atoms with van der Waals surface area (Å²) < 4.78 is 5.48. The van der Waals surface area contributed by atoms with E-state index in [1.165, 1.54) is 0 Å². The van der Waals surface area contributed by atoms with Crippen molar-refractivity contribution < 1.29 is 4.74 Å².